The summed E-state index contributed by atoms with van der Waals surface area (Å²) in [6.07, 6.45) is 4.91. The number of benzene rings is 1. The monoisotopic (exact) mass is 310 g/mol. The van der Waals surface area contributed by atoms with Crippen LogP contribution in [0, 0.1) is 0 Å². The van der Waals surface area contributed by atoms with E-state index in [2.05, 4.69) is 0 Å². The first kappa shape index (κ1) is 12.7. The van der Waals surface area contributed by atoms with Crippen LogP contribution in [0.5, 0.6) is 0 Å². The lowest BCUT2D eigenvalue weighted by molar-refractivity contribution is 0.0451. The summed E-state index contributed by atoms with van der Waals surface area (Å²) in [6.45, 7) is 4.25. The van der Waals surface area contributed by atoms with E-state index < -0.39 is 47.2 Å². The van der Waals surface area contributed by atoms with Crippen LogP contribution >= 0.6 is 0 Å². The number of esters is 2. The molecular formula is C18H26O4. The summed E-state index contributed by atoms with van der Waals surface area (Å²) < 4.78 is 41.6. The van der Waals surface area contributed by atoms with Crippen LogP contribution in [0.25, 0.3) is 0 Å². The van der Waals surface area contributed by atoms with Gasteiger partial charge in [0.25, 0.3) is 0 Å². The fourth-order valence-electron chi connectivity index (χ4n) is 1.80. The van der Waals surface area contributed by atoms with Crippen molar-refractivity contribution in [1.82, 2.24) is 0 Å². The van der Waals surface area contributed by atoms with Gasteiger partial charge < -0.3 is 9.47 Å². The molecule has 0 bridgehead atoms. The summed E-state index contributed by atoms with van der Waals surface area (Å²) >= 11 is 0. The third kappa shape index (κ3) is 6.29. The Kier molecular flexibility index (Phi) is 6.24. The molecule has 0 atom stereocenters. The summed E-state index contributed by atoms with van der Waals surface area (Å²) in [6, 6.07) is -2.35. The lowest BCUT2D eigenvalue weighted by Gasteiger charge is -2.09. The van der Waals surface area contributed by atoms with Crippen LogP contribution in [-0.2, 0) is 9.47 Å². The molecule has 4 heteroatoms. The van der Waals surface area contributed by atoms with E-state index in [-0.39, 0.29) is 13.2 Å². The van der Waals surface area contributed by atoms with Crippen molar-refractivity contribution >= 4 is 11.9 Å². The molecule has 0 amide bonds. The molecule has 0 aliphatic rings. The van der Waals surface area contributed by atoms with Gasteiger partial charge in [0.15, 0.2) is 0 Å². The van der Waals surface area contributed by atoms with Crippen molar-refractivity contribution in [2.24, 2.45) is 0 Å². The summed E-state index contributed by atoms with van der Waals surface area (Å²) in [5.74, 6) is -1.87. The second-order valence-electron chi connectivity index (χ2n) is 4.94. The van der Waals surface area contributed by atoms with E-state index in [1.54, 1.807) is 0 Å². The van der Waals surface area contributed by atoms with Gasteiger partial charge in [-0.25, -0.2) is 9.59 Å². The van der Waals surface area contributed by atoms with Crippen molar-refractivity contribution in [3.05, 3.63) is 35.3 Å². The highest BCUT2D eigenvalue weighted by Crippen LogP contribution is 2.13. The molecule has 0 unspecified atom stereocenters. The van der Waals surface area contributed by atoms with Gasteiger partial charge in [-0.2, -0.15) is 0 Å². The third-order valence-electron chi connectivity index (χ3n) is 3.06. The van der Waals surface area contributed by atoms with Crippen molar-refractivity contribution in [3.8, 4) is 0 Å². The van der Waals surface area contributed by atoms with E-state index in [0.717, 1.165) is 25.7 Å². The number of rotatable bonds is 10. The highest BCUT2D eigenvalue weighted by Gasteiger charge is 2.18. The first-order chi connectivity index (χ1) is 12.4. The van der Waals surface area contributed by atoms with Crippen molar-refractivity contribution in [3.63, 3.8) is 0 Å². The molecule has 0 fully saturated rings. The fourth-order valence-corrected chi connectivity index (χ4v) is 1.80. The summed E-state index contributed by atoms with van der Waals surface area (Å²) in [5, 5.41) is 0. The number of carbonyl (C=O) groups excluding carboxylic acids is 2. The Labute approximate surface area is 138 Å². The smallest absolute Gasteiger partial charge is 0.339 e. The topological polar surface area (TPSA) is 52.6 Å². The molecule has 22 heavy (non-hydrogen) atoms. The molecular weight excluding hydrogens is 280 g/mol. The van der Waals surface area contributed by atoms with Gasteiger partial charge >= 0.3 is 11.9 Å². The normalized spacial score (nSPS) is 12.8. The van der Waals surface area contributed by atoms with Gasteiger partial charge in [0.05, 0.1) is 29.8 Å². The van der Waals surface area contributed by atoms with Crippen LogP contribution in [0.3, 0.4) is 0 Å². The van der Waals surface area contributed by atoms with Gasteiger partial charge in [-0.1, -0.05) is 51.6 Å². The Morgan fingerprint density at radius 3 is 1.64 bits per heavy atom. The van der Waals surface area contributed by atoms with Gasteiger partial charge in [0.2, 0.25) is 0 Å². The van der Waals surface area contributed by atoms with Crippen LogP contribution in [-0.4, -0.2) is 25.2 Å². The van der Waals surface area contributed by atoms with Crippen molar-refractivity contribution < 1.29 is 24.5 Å². The maximum absolute atomic E-state index is 12.4. The van der Waals surface area contributed by atoms with Crippen molar-refractivity contribution in [1.29, 1.82) is 0 Å². The molecule has 122 valence electrons. The molecule has 1 aromatic rings. The Morgan fingerprint density at radius 2 is 1.27 bits per heavy atom. The first-order valence-corrected chi connectivity index (χ1v) is 7.81. The molecule has 0 aliphatic heterocycles. The molecule has 0 spiro atoms. The second-order valence-corrected chi connectivity index (χ2v) is 4.94. The van der Waals surface area contributed by atoms with Gasteiger partial charge in [-0.15, -0.1) is 0 Å². The van der Waals surface area contributed by atoms with Crippen LogP contribution in [0.4, 0.5) is 0 Å². The lowest BCUT2D eigenvalue weighted by atomic mass is 10.1. The second kappa shape index (κ2) is 10.8. The van der Waals surface area contributed by atoms with Gasteiger partial charge in [-0.05, 0) is 24.9 Å². The molecule has 0 radical (unpaired) electrons. The number of ether oxygens (including phenoxy) is 2. The number of unbranched alkanes of at least 4 members (excludes halogenated alkanes) is 4. The predicted molar refractivity (Wildman–Crippen MR) is 86.1 cm³/mol. The number of hydrogen-bond donors (Lipinski definition) is 0. The molecule has 0 aromatic heterocycles. The number of carbonyl (C=O) groups is 2. The largest absolute Gasteiger partial charge is 0.462 e. The highest BCUT2D eigenvalue weighted by atomic mass is 16.5. The molecule has 1 aromatic carbocycles. The zero-order chi connectivity index (χ0) is 19.7. The van der Waals surface area contributed by atoms with E-state index >= 15 is 0 Å². The average molecular weight is 310 g/mol. The minimum Gasteiger partial charge on any atom is -0.462 e. The molecule has 0 N–H and O–H groups in total. The zero-order valence-electron chi connectivity index (χ0n) is 17.3. The molecule has 0 saturated heterocycles. The Morgan fingerprint density at radius 1 is 0.864 bits per heavy atom. The van der Waals surface area contributed by atoms with Crippen LogP contribution in [0.1, 0.15) is 78.6 Å². The van der Waals surface area contributed by atoms with Crippen molar-refractivity contribution in [2.75, 3.05) is 13.2 Å². The SMILES string of the molecule is [2H]c1c([2H])c([2H])c(C(=O)OCCCCC)c(C(=O)OCCCCC)c1[2H]. The predicted octanol–water partition coefficient (Wildman–Crippen LogP) is 4.38. The molecule has 1 rings (SSSR count). The first-order valence-electron chi connectivity index (χ1n) is 9.81. The van der Waals surface area contributed by atoms with E-state index in [1.807, 2.05) is 13.8 Å². The minimum atomic E-state index is -0.936. The van der Waals surface area contributed by atoms with E-state index in [9.17, 15) is 9.59 Å². The molecule has 0 saturated carbocycles. The maximum atomic E-state index is 12.4. The zero-order valence-corrected chi connectivity index (χ0v) is 13.3. The average Bonchev–Trinajstić information content (AvgIpc) is 2.63. The Balaban J connectivity index is 3.13. The minimum absolute atomic E-state index is 0.125. The van der Waals surface area contributed by atoms with Crippen LogP contribution < -0.4 is 0 Å². The fraction of sp³-hybridized carbons (Fsp3) is 0.556. The molecule has 0 heterocycles. The van der Waals surface area contributed by atoms with Crippen LogP contribution in [0.2, 0.25) is 0 Å². The number of hydrogen-bond acceptors (Lipinski definition) is 4. The lowest BCUT2D eigenvalue weighted by Crippen LogP contribution is -2.15. The van der Waals surface area contributed by atoms with E-state index in [1.165, 1.54) is 0 Å². The Bertz CT molecular complexity index is 592. The maximum Gasteiger partial charge on any atom is 0.339 e. The van der Waals surface area contributed by atoms with E-state index in [4.69, 9.17) is 15.0 Å². The summed E-state index contributed by atoms with van der Waals surface area (Å²) in [4.78, 5) is 24.7. The summed E-state index contributed by atoms with van der Waals surface area (Å²) in [7, 11) is 0. The van der Waals surface area contributed by atoms with Gasteiger partial charge in [-0.3, -0.25) is 0 Å². The third-order valence-corrected chi connectivity index (χ3v) is 3.06. The van der Waals surface area contributed by atoms with Crippen LogP contribution in [0.15, 0.2) is 24.2 Å². The van der Waals surface area contributed by atoms with Crippen molar-refractivity contribution in [2.45, 2.75) is 52.4 Å². The summed E-state index contributed by atoms with van der Waals surface area (Å²) in [5.41, 5.74) is -0.930. The van der Waals surface area contributed by atoms with Gasteiger partial charge in [0, 0.05) is 0 Å². The van der Waals surface area contributed by atoms with Gasteiger partial charge in [0.1, 0.15) is 0 Å². The van der Waals surface area contributed by atoms with E-state index in [0.29, 0.717) is 12.8 Å². The molecule has 0 aliphatic carbocycles. The quantitative estimate of drug-likeness (QED) is 0.475. The Hall–Kier alpha value is -1.84. The molecule has 4 nitrogen and oxygen atoms in total. The standard InChI is InChI=1S/C18H26O4/c1-3-5-9-13-21-17(19)15-11-7-8-12-16(15)18(20)22-14-10-6-4-2/h7-8,11-12H,3-6,9-10,13-14H2,1-2H3/i7D,8D,11D,12D. The highest BCUT2D eigenvalue weighted by molar-refractivity contribution is 6.03.